The molecule has 3 nitrogen and oxygen atoms in total. The first kappa shape index (κ1) is 12.8. The Labute approximate surface area is 122 Å². The topological polar surface area (TPSA) is 37.8 Å². The van der Waals surface area contributed by atoms with Gasteiger partial charge in [0.1, 0.15) is 5.01 Å². The fraction of sp³-hybridized carbons (Fsp3) is 0.125. The monoisotopic (exact) mass is 281 g/mol. The van der Waals surface area contributed by atoms with Crippen LogP contribution in [0.25, 0.3) is 10.6 Å². The highest BCUT2D eigenvalue weighted by Crippen LogP contribution is 2.25. The molecular weight excluding hydrogens is 266 g/mol. The quantitative estimate of drug-likeness (QED) is 0.771. The summed E-state index contributed by atoms with van der Waals surface area (Å²) in [5.74, 6) is 0. The fourth-order valence-corrected chi connectivity index (χ4v) is 2.68. The van der Waals surface area contributed by atoms with Gasteiger partial charge in [0.2, 0.25) is 0 Å². The minimum atomic E-state index is 0.231. The Morgan fingerprint density at radius 3 is 2.60 bits per heavy atom. The van der Waals surface area contributed by atoms with E-state index in [0.29, 0.717) is 0 Å². The molecule has 0 fully saturated rings. The lowest BCUT2D eigenvalue weighted by atomic mass is 10.1. The van der Waals surface area contributed by atoms with Crippen molar-refractivity contribution in [3.05, 3.63) is 65.9 Å². The third-order valence-electron chi connectivity index (χ3n) is 3.13. The highest BCUT2D eigenvalue weighted by atomic mass is 32.1. The molecule has 1 unspecified atom stereocenters. The summed E-state index contributed by atoms with van der Waals surface area (Å²) in [6.07, 6.45) is 5.51. The van der Waals surface area contributed by atoms with Gasteiger partial charge >= 0.3 is 0 Å². The first-order chi connectivity index (χ1) is 9.83. The van der Waals surface area contributed by atoms with E-state index in [9.17, 15) is 0 Å². The maximum absolute atomic E-state index is 4.31. The Balaban J connectivity index is 1.72. The second kappa shape index (κ2) is 5.84. The van der Waals surface area contributed by atoms with Crippen LogP contribution in [0.2, 0.25) is 0 Å². The predicted molar refractivity (Wildman–Crippen MR) is 83.8 cm³/mol. The van der Waals surface area contributed by atoms with Crippen molar-refractivity contribution in [3.8, 4) is 10.6 Å². The summed E-state index contributed by atoms with van der Waals surface area (Å²) in [5.41, 5.74) is 3.43. The van der Waals surface area contributed by atoms with Gasteiger partial charge in [0.15, 0.2) is 0 Å². The number of nitrogens with one attached hydrogen (secondary N) is 1. The first-order valence-corrected chi connectivity index (χ1v) is 7.37. The highest BCUT2D eigenvalue weighted by molar-refractivity contribution is 7.13. The number of aromatic nitrogens is 2. The van der Waals surface area contributed by atoms with Gasteiger partial charge in [0, 0.05) is 35.2 Å². The molecule has 3 aromatic rings. The van der Waals surface area contributed by atoms with Crippen LogP contribution < -0.4 is 5.32 Å². The smallest absolute Gasteiger partial charge is 0.123 e. The molecule has 0 saturated heterocycles. The summed E-state index contributed by atoms with van der Waals surface area (Å²) in [7, 11) is 0. The minimum absolute atomic E-state index is 0.231. The van der Waals surface area contributed by atoms with Crippen LogP contribution in [0.1, 0.15) is 18.5 Å². The summed E-state index contributed by atoms with van der Waals surface area (Å²) in [4.78, 5) is 8.46. The Bertz CT molecular complexity index is 648. The van der Waals surface area contributed by atoms with Gasteiger partial charge in [-0.25, -0.2) is 4.98 Å². The van der Waals surface area contributed by atoms with Crippen LogP contribution in [0.4, 0.5) is 5.69 Å². The van der Waals surface area contributed by atoms with Gasteiger partial charge in [-0.15, -0.1) is 11.3 Å². The molecule has 1 aromatic carbocycles. The number of hydrogen-bond acceptors (Lipinski definition) is 4. The van der Waals surface area contributed by atoms with Crippen molar-refractivity contribution in [2.24, 2.45) is 0 Å². The van der Waals surface area contributed by atoms with Crippen LogP contribution in [-0.2, 0) is 0 Å². The molecule has 4 heteroatoms. The Morgan fingerprint density at radius 2 is 1.95 bits per heavy atom. The van der Waals surface area contributed by atoms with E-state index in [0.717, 1.165) is 16.3 Å². The molecule has 2 heterocycles. The average Bonchev–Trinajstić information content (AvgIpc) is 3.03. The van der Waals surface area contributed by atoms with Crippen LogP contribution in [0.3, 0.4) is 0 Å². The van der Waals surface area contributed by atoms with Gasteiger partial charge in [-0.05, 0) is 42.8 Å². The minimum Gasteiger partial charge on any atom is -0.378 e. The zero-order valence-electron chi connectivity index (χ0n) is 11.2. The summed E-state index contributed by atoms with van der Waals surface area (Å²) in [6.45, 7) is 2.13. The maximum Gasteiger partial charge on any atom is 0.123 e. The second-order valence-electron chi connectivity index (χ2n) is 4.57. The third kappa shape index (κ3) is 2.86. The molecule has 0 spiro atoms. The van der Waals surface area contributed by atoms with Gasteiger partial charge in [0.25, 0.3) is 0 Å². The van der Waals surface area contributed by atoms with Crippen molar-refractivity contribution in [2.75, 3.05) is 5.32 Å². The molecule has 1 N–H and O–H groups in total. The molecule has 1 atom stereocenters. The van der Waals surface area contributed by atoms with Crippen LogP contribution in [0.5, 0.6) is 0 Å². The lowest BCUT2D eigenvalue weighted by molar-refractivity contribution is 0.876. The van der Waals surface area contributed by atoms with Crippen molar-refractivity contribution >= 4 is 17.0 Å². The van der Waals surface area contributed by atoms with Crippen LogP contribution >= 0.6 is 11.3 Å². The number of nitrogens with zero attached hydrogens (tertiary/aromatic N) is 2. The van der Waals surface area contributed by atoms with Crippen LogP contribution in [0.15, 0.2) is 60.4 Å². The molecule has 3 rings (SSSR count). The number of anilines is 1. The predicted octanol–water partition coefficient (Wildman–Crippen LogP) is 4.38. The molecule has 0 aliphatic heterocycles. The zero-order chi connectivity index (χ0) is 13.8. The number of hydrogen-bond donors (Lipinski definition) is 1. The fourth-order valence-electron chi connectivity index (χ4n) is 2.04. The maximum atomic E-state index is 4.31. The average molecular weight is 281 g/mol. The Kier molecular flexibility index (Phi) is 3.74. The molecule has 0 amide bonds. The van der Waals surface area contributed by atoms with E-state index in [4.69, 9.17) is 0 Å². The molecule has 0 aliphatic carbocycles. The molecule has 20 heavy (non-hydrogen) atoms. The van der Waals surface area contributed by atoms with Crippen LogP contribution in [0, 0.1) is 0 Å². The molecule has 100 valence electrons. The third-order valence-corrected chi connectivity index (χ3v) is 3.95. The molecule has 0 saturated carbocycles. The lowest BCUT2D eigenvalue weighted by Crippen LogP contribution is -2.06. The largest absolute Gasteiger partial charge is 0.378 e. The number of rotatable bonds is 4. The van der Waals surface area contributed by atoms with E-state index in [1.165, 1.54) is 5.56 Å². The van der Waals surface area contributed by atoms with Gasteiger partial charge < -0.3 is 5.32 Å². The summed E-state index contributed by atoms with van der Waals surface area (Å²) in [5, 5.41) is 6.52. The van der Waals surface area contributed by atoms with Crippen molar-refractivity contribution in [1.82, 2.24) is 9.97 Å². The molecule has 0 bridgehead atoms. The van der Waals surface area contributed by atoms with Gasteiger partial charge in [-0.2, -0.15) is 0 Å². The first-order valence-electron chi connectivity index (χ1n) is 6.49. The van der Waals surface area contributed by atoms with Crippen molar-refractivity contribution in [2.45, 2.75) is 13.0 Å². The molecular formula is C16H15N3S. The number of thiazole rings is 1. The zero-order valence-corrected chi connectivity index (χ0v) is 12.0. The van der Waals surface area contributed by atoms with E-state index in [-0.39, 0.29) is 6.04 Å². The SMILES string of the molecule is CC(Nc1ccc(-c2nccs2)cc1)c1cccnc1. The Morgan fingerprint density at radius 1 is 1.10 bits per heavy atom. The van der Waals surface area contributed by atoms with Crippen molar-refractivity contribution in [3.63, 3.8) is 0 Å². The summed E-state index contributed by atoms with van der Waals surface area (Å²) >= 11 is 1.65. The van der Waals surface area contributed by atoms with E-state index in [1.54, 1.807) is 17.5 Å². The number of benzene rings is 1. The summed E-state index contributed by atoms with van der Waals surface area (Å²) < 4.78 is 0. The van der Waals surface area contributed by atoms with E-state index >= 15 is 0 Å². The summed E-state index contributed by atoms with van der Waals surface area (Å²) in [6, 6.07) is 12.6. The molecule has 0 radical (unpaired) electrons. The van der Waals surface area contributed by atoms with Gasteiger partial charge in [0.05, 0.1) is 6.04 Å². The molecule has 2 aromatic heterocycles. The highest BCUT2D eigenvalue weighted by Gasteiger charge is 2.05. The lowest BCUT2D eigenvalue weighted by Gasteiger charge is -2.15. The normalized spacial score (nSPS) is 12.1. The van der Waals surface area contributed by atoms with Crippen molar-refractivity contribution in [1.29, 1.82) is 0 Å². The van der Waals surface area contributed by atoms with Gasteiger partial charge in [-0.1, -0.05) is 6.07 Å². The number of pyridine rings is 1. The standard InChI is InChI=1S/C16H15N3S/c1-12(14-3-2-8-17-11-14)19-15-6-4-13(5-7-15)16-18-9-10-20-16/h2-12,19H,1H3. The van der Waals surface area contributed by atoms with Crippen molar-refractivity contribution < 1.29 is 0 Å². The Hall–Kier alpha value is -2.20. The van der Waals surface area contributed by atoms with E-state index in [2.05, 4.69) is 52.5 Å². The van der Waals surface area contributed by atoms with Gasteiger partial charge in [-0.3, -0.25) is 4.98 Å². The molecule has 0 aliphatic rings. The van der Waals surface area contributed by atoms with Crippen LogP contribution in [-0.4, -0.2) is 9.97 Å². The van der Waals surface area contributed by atoms with E-state index < -0.39 is 0 Å². The second-order valence-corrected chi connectivity index (χ2v) is 5.46. The van der Waals surface area contributed by atoms with E-state index in [1.807, 2.05) is 23.8 Å².